The minimum Gasteiger partial charge on any atom is -0.456 e. The molecule has 1 aliphatic heterocycles. The van der Waals surface area contributed by atoms with Crippen molar-refractivity contribution in [1.29, 1.82) is 0 Å². The van der Waals surface area contributed by atoms with E-state index in [2.05, 4.69) is 95.6 Å². The third kappa shape index (κ3) is 4.24. The van der Waals surface area contributed by atoms with Gasteiger partial charge in [0.15, 0.2) is 5.84 Å². The van der Waals surface area contributed by atoms with Gasteiger partial charge in [0.25, 0.3) is 0 Å². The maximum Gasteiger partial charge on any atom is 0.151 e. The summed E-state index contributed by atoms with van der Waals surface area (Å²) in [6.45, 7) is 0. The second-order valence-corrected chi connectivity index (χ2v) is 12.2. The number of nitrogens with one attached hydrogen (secondary N) is 2. The predicted octanol–water partition coefficient (Wildman–Crippen LogP) is 10.0. The molecule has 2 atom stereocenters. The van der Waals surface area contributed by atoms with Crippen LogP contribution >= 0.6 is 0 Å². The van der Waals surface area contributed by atoms with Crippen LogP contribution in [0.25, 0.3) is 65.8 Å². The first kappa shape index (κ1) is 26.9. The Bertz CT molecular complexity index is 2710. The van der Waals surface area contributed by atoms with Gasteiger partial charge in [-0.15, -0.1) is 0 Å². The van der Waals surface area contributed by atoms with E-state index in [1.807, 2.05) is 60.8 Å². The van der Waals surface area contributed by atoms with Crippen molar-refractivity contribution in [3.8, 4) is 11.1 Å². The summed E-state index contributed by atoms with van der Waals surface area (Å²) in [6.07, 6.45) is 1.25. The number of rotatable bonds is 4. The average molecular weight is 621 g/mol. The van der Waals surface area contributed by atoms with Crippen LogP contribution in [0.1, 0.15) is 29.2 Å². The SMILES string of the molecule is c1ccc(-c2cnc(C3=NC(c4ccc5ccccc5c4)NC(c4cccc5oc6ccccc6c45)N3)c3c2oc2ccccc23)cc1. The fourth-order valence-corrected chi connectivity index (χ4v) is 7.15. The molecule has 0 spiro atoms. The molecular weight excluding hydrogens is 592 g/mol. The van der Waals surface area contributed by atoms with Gasteiger partial charge in [0.1, 0.15) is 40.4 Å². The third-order valence-electron chi connectivity index (χ3n) is 9.41. The molecule has 10 rings (SSSR count). The summed E-state index contributed by atoms with van der Waals surface area (Å²) in [5.41, 5.74) is 8.18. The zero-order valence-corrected chi connectivity index (χ0v) is 25.7. The van der Waals surface area contributed by atoms with E-state index in [-0.39, 0.29) is 12.3 Å². The number of fused-ring (bicyclic) bond motifs is 7. The van der Waals surface area contributed by atoms with E-state index in [1.54, 1.807) is 0 Å². The van der Waals surface area contributed by atoms with E-state index < -0.39 is 0 Å². The molecule has 2 unspecified atom stereocenters. The lowest BCUT2D eigenvalue weighted by atomic mass is 10.00. The lowest BCUT2D eigenvalue weighted by Gasteiger charge is -2.32. The lowest BCUT2D eigenvalue weighted by molar-refractivity contribution is 0.411. The first-order chi connectivity index (χ1) is 23.8. The molecule has 6 heteroatoms. The normalized spacial score (nSPS) is 16.5. The number of para-hydroxylation sites is 2. The van der Waals surface area contributed by atoms with Crippen LogP contribution in [-0.2, 0) is 0 Å². The van der Waals surface area contributed by atoms with Gasteiger partial charge >= 0.3 is 0 Å². The van der Waals surface area contributed by atoms with Gasteiger partial charge < -0.3 is 14.2 Å². The molecule has 3 aromatic heterocycles. The van der Waals surface area contributed by atoms with Gasteiger partial charge in [0, 0.05) is 33.5 Å². The van der Waals surface area contributed by atoms with Crippen molar-refractivity contribution in [3.63, 3.8) is 0 Å². The molecule has 6 aromatic carbocycles. The van der Waals surface area contributed by atoms with Gasteiger partial charge in [0.05, 0.1) is 5.39 Å². The molecule has 228 valence electrons. The molecule has 0 saturated carbocycles. The highest BCUT2D eigenvalue weighted by Gasteiger charge is 2.30. The third-order valence-corrected chi connectivity index (χ3v) is 9.41. The molecule has 1 aliphatic rings. The van der Waals surface area contributed by atoms with Crippen LogP contribution in [0.2, 0.25) is 0 Å². The van der Waals surface area contributed by atoms with Crippen LogP contribution in [0.4, 0.5) is 0 Å². The monoisotopic (exact) mass is 620 g/mol. The molecule has 0 radical (unpaired) electrons. The molecule has 0 aliphatic carbocycles. The molecule has 0 saturated heterocycles. The maximum atomic E-state index is 6.59. The number of furan rings is 2. The smallest absolute Gasteiger partial charge is 0.151 e. The topological polar surface area (TPSA) is 75.6 Å². The van der Waals surface area contributed by atoms with Gasteiger partial charge in [-0.1, -0.05) is 115 Å². The number of aromatic nitrogens is 1. The fourth-order valence-electron chi connectivity index (χ4n) is 7.15. The van der Waals surface area contributed by atoms with E-state index in [0.717, 1.165) is 71.8 Å². The summed E-state index contributed by atoms with van der Waals surface area (Å²) in [6, 6.07) is 47.8. The Morgan fingerprint density at radius 3 is 2.15 bits per heavy atom. The zero-order chi connectivity index (χ0) is 31.6. The van der Waals surface area contributed by atoms with Crippen molar-refractivity contribution in [3.05, 3.63) is 163 Å². The van der Waals surface area contributed by atoms with Crippen molar-refractivity contribution in [2.45, 2.75) is 12.3 Å². The van der Waals surface area contributed by atoms with E-state index in [1.165, 1.54) is 10.8 Å². The van der Waals surface area contributed by atoms with Gasteiger partial charge in [-0.2, -0.15) is 0 Å². The van der Waals surface area contributed by atoms with E-state index in [4.69, 9.17) is 18.8 Å². The highest BCUT2D eigenvalue weighted by molar-refractivity contribution is 6.19. The summed E-state index contributed by atoms with van der Waals surface area (Å²) < 4.78 is 12.9. The van der Waals surface area contributed by atoms with Crippen molar-refractivity contribution < 1.29 is 8.83 Å². The quantitative estimate of drug-likeness (QED) is 0.205. The summed E-state index contributed by atoms with van der Waals surface area (Å²) >= 11 is 0. The first-order valence-corrected chi connectivity index (χ1v) is 16.1. The Morgan fingerprint density at radius 2 is 1.29 bits per heavy atom. The largest absolute Gasteiger partial charge is 0.456 e. The molecule has 48 heavy (non-hydrogen) atoms. The predicted molar refractivity (Wildman–Crippen MR) is 193 cm³/mol. The van der Waals surface area contributed by atoms with Crippen molar-refractivity contribution in [1.82, 2.24) is 15.6 Å². The van der Waals surface area contributed by atoms with Crippen LogP contribution in [0.5, 0.6) is 0 Å². The lowest BCUT2D eigenvalue weighted by Crippen LogP contribution is -2.45. The summed E-state index contributed by atoms with van der Waals surface area (Å²) in [5.74, 6) is 0.692. The maximum absolute atomic E-state index is 6.59. The van der Waals surface area contributed by atoms with Crippen molar-refractivity contribution in [2.75, 3.05) is 0 Å². The standard InChI is InChI=1S/C42H28N4O2/c1-2-12-26(13-3-1)32-24-43-38(37-30-16-7-9-19-34(30)48-39(32)37)42-45-40(28-22-21-25-11-4-5-14-27(25)23-28)44-41(46-42)31-17-10-20-35-36(31)29-15-6-8-18-33(29)47-35/h1-24,40-41,44H,(H,45,46). The molecule has 2 N–H and O–H groups in total. The van der Waals surface area contributed by atoms with Crippen LogP contribution in [0.15, 0.2) is 160 Å². The number of nitrogens with zero attached hydrogens (tertiary/aromatic N) is 2. The van der Waals surface area contributed by atoms with Crippen LogP contribution < -0.4 is 10.6 Å². The minimum absolute atomic E-state index is 0.303. The molecule has 0 fully saturated rings. The van der Waals surface area contributed by atoms with E-state index >= 15 is 0 Å². The van der Waals surface area contributed by atoms with Gasteiger partial charge in [0.2, 0.25) is 0 Å². The summed E-state index contributed by atoms with van der Waals surface area (Å²) in [5, 5.41) is 14.0. The average Bonchev–Trinajstić information content (AvgIpc) is 3.74. The molecule has 0 amide bonds. The fraction of sp³-hybridized carbons (Fsp3) is 0.0476. The van der Waals surface area contributed by atoms with Gasteiger partial charge in [-0.05, 0) is 46.2 Å². The second kappa shape index (κ2) is 10.7. The first-order valence-electron chi connectivity index (χ1n) is 16.1. The minimum atomic E-state index is -0.354. The number of aliphatic imine (C=N–C) groups is 1. The number of pyridine rings is 1. The summed E-state index contributed by atoms with van der Waals surface area (Å²) in [4.78, 5) is 10.5. The zero-order valence-electron chi connectivity index (χ0n) is 25.7. The van der Waals surface area contributed by atoms with E-state index in [0.29, 0.717) is 5.84 Å². The highest BCUT2D eigenvalue weighted by atomic mass is 16.3. The molecule has 0 bridgehead atoms. The number of benzene rings is 6. The molecule has 4 heterocycles. The van der Waals surface area contributed by atoms with Crippen LogP contribution in [0.3, 0.4) is 0 Å². The Kier molecular flexibility index (Phi) is 5.98. The Balaban J connectivity index is 1.20. The summed E-state index contributed by atoms with van der Waals surface area (Å²) in [7, 11) is 0. The Hall–Kier alpha value is -6.24. The second-order valence-electron chi connectivity index (χ2n) is 12.2. The Morgan fingerprint density at radius 1 is 0.583 bits per heavy atom. The number of amidine groups is 1. The van der Waals surface area contributed by atoms with Crippen LogP contribution in [-0.4, -0.2) is 10.8 Å². The molecule has 9 aromatic rings. The highest BCUT2D eigenvalue weighted by Crippen LogP contribution is 2.39. The molecule has 6 nitrogen and oxygen atoms in total. The van der Waals surface area contributed by atoms with Crippen LogP contribution in [0, 0.1) is 0 Å². The number of hydrogen-bond donors (Lipinski definition) is 2. The molecular formula is C42H28N4O2. The number of hydrogen-bond acceptors (Lipinski definition) is 6. The Labute approximate surface area is 275 Å². The van der Waals surface area contributed by atoms with Gasteiger partial charge in [-0.3, -0.25) is 10.3 Å². The van der Waals surface area contributed by atoms with Crippen molar-refractivity contribution >= 4 is 60.5 Å². The van der Waals surface area contributed by atoms with Gasteiger partial charge in [-0.25, -0.2) is 4.99 Å². The van der Waals surface area contributed by atoms with E-state index in [9.17, 15) is 0 Å². The van der Waals surface area contributed by atoms with Crippen molar-refractivity contribution in [2.24, 2.45) is 4.99 Å².